The van der Waals surface area contributed by atoms with E-state index in [9.17, 15) is 8.42 Å². The quantitative estimate of drug-likeness (QED) is 0.457. The molecule has 0 amide bonds. The van der Waals surface area contributed by atoms with Crippen molar-refractivity contribution in [2.45, 2.75) is 18.7 Å². The summed E-state index contributed by atoms with van der Waals surface area (Å²) in [5.74, 6) is 1.17. The zero-order chi connectivity index (χ0) is 21.0. The number of H-pyrrole nitrogens is 1. The Morgan fingerprint density at radius 3 is 2.52 bits per heavy atom. The van der Waals surface area contributed by atoms with Crippen LogP contribution in [0.5, 0.6) is 11.5 Å². The van der Waals surface area contributed by atoms with Crippen molar-refractivity contribution in [3.63, 3.8) is 0 Å². The van der Waals surface area contributed by atoms with Crippen LogP contribution in [0.15, 0.2) is 52.6 Å². The Balaban J connectivity index is 1.84. The molecule has 0 bridgehead atoms. The lowest BCUT2D eigenvalue weighted by Crippen LogP contribution is -2.19. The molecule has 8 nitrogen and oxygen atoms in total. The predicted molar refractivity (Wildman–Crippen MR) is 111 cm³/mol. The smallest absolute Gasteiger partial charge is 0.276 e. The number of aromatic amines is 1. The average molecular weight is 414 g/mol. The molecule has 152 valence electrons. The van der Waals surface area contributed by atoms with Crippen molar-refractivity contribution < 1.29 is 17.9 Å². The second-order valence-corrected chi connectivity index (χ2v) is 8.02. The summed E-state index contributed by atoms with van der Waals surface area (Å²) in [7, 11) is -0.656. The first-order valence-electron chi connectivity index (χ1n) is 8.73. The average Bonchev–Trinajstić information content (AvgIpc) is 3.15. The van der Waals surface area contributed by atoms with Crippen molar-refractivity contribution in [2.75, 3.05) is 14.2 Å². The van der Waals surface area contributed by atoms with E-state index in [0.717, 1.165) is 11.1 Å². The van der Waals surface area contributed by atoms with E-state index in [1.807, 2.05) is 19.1 Å². The van der Waals surface area contributed by atoms with Gasteiger partial charge < -0.3 is 9.47 Å². The van der Waals surface area contributed by atoms with Crippen LogP contribution in [0.25, 0.3) is 11.3 Å². The van der Waals surface area contributed by atoms with Gasteiger partial charge in [0.2, 0.25) is 0 Å². The van der Waals surface area contributed by atoms with Gasteiger partial charge in [0.1, 0.15) is 0 Å². The van der Waals surface area contributed by atoms with Crippen LogP contribution in [-0.4, -0.2) is 39.0 Å². The molecule has 0 aliphatic carbocycles. The summed E-state index contributed by atoms with van der Waals surface area (Å²) in [5, 5.41) is 10.8. The summed E-state index contributed by atoms with van der Waals surface area (Å²) in [6, 6.07) is 10.5. The largest absolute Gasteiger partial charge is 0.493 e. The van der Waals surface area contributed by atoms with E-state index < -0.39 is 10.0 Å². The molecule has 0 spiro atoms. The number of nitrogens with zero attached hydrogens (tertiary/aromatic N) is 2. The first-order valence-corrected chi connectivity index (χ1v) is 10.2. The number of rotatable bonds is 7. The van der Waals surface area contributed by atoms with E-state index in [4.69, 9.17) is 9.47 Å². The molecule has 1 aromatic heterocycles. The fourth-order valence-corrected chi connectivity index (χ4v) is 3.95. The lowest BCUT2D eigenvalue weighted by Gasteiger charge is -2.09. The normalized spacial score (nSPS) is 11.6. The van der Waals surface area contributed by atoms with Gasteiger partial charge in [-0.25, -0.2) is 4.83 Å². The first-order chi connectivity index (χ1) is 13.9. The number of nitrogens with one attached hydrogen (secondary N) is 2. The molecule has 0 saturated heterocycles. The van der Waals surface area contributed by atoms with Crippen LogP contribution in [0.2, 0.25) is 0 Å². The van der Waals surface area contributed by atoms with Crippen molar-refractivity contribution >= 4 is 16.2 Å². The number of aryl methyl sites for hydroxylation is 2. The van der Waals surface area contributed by atoms with E-state index in [1.54, 1.807) is 51.6 Å². The van der Waals surface area contributed by atoms with E-state index in [1.165, 1.54) is 6.21 Å². The zero-order valence-electron chi connectivity index (χ0n) is 16.6. The van der Waals surface area contributed by atoms with Crippen molar-refractivity contribution in [1.82, 2.24) is 15.0 Å². The second kappa shape index (κ2) is 8.36. The Kier molecular flexibility index (Phi) is 5.88. The van der Waals surface area contributed by atoms with E-state index >= 15 is 0 Å². The van der Waals surface area contributed by atoms with Crippen LogP contribution in [0.4, 0.5) is 0 Å². The third-order valence-electron chi connectivity index (χ3n) is 4.34. The number of hydrogen-bond donors (Lipinski definition) is 2. The lowest BCUT2D eigenvalue weighted by molar-refractivity contribution is 0.355. The lowest BCUT2D eigenvalue weighted by atomic mass is 10.1. The molecule has 0 aliphatic rings. The highest BCUT2D eigenvalue weighted by Gasteiger charge is 2.16. The number of sulfonamides is 1. The monoisotopic (exact) mass is 414 g/mol. The molecule has 2 N–H and O–H groups in total. The van der Waals surface area contributed by atoms with E-state index in [0.29, 0.717) is 28.3 Å². The van der Waals surface area contributed by atoms with E-state index in [2.05, 4.69) is 20.1 Å². The maximum Gasteiger partial charge on any atom is 0.276 e. The molecule has 9 heteroatoms. The molecule has 1 heterocycles. The molecular formula is C20H22N4O4S. The van der Waals surface area contributed by atoms with Crippen LogP contribution >= 0.6 is 0 Å². The molecule has 0 radical (unpaired) electrons. The molecule has 0 atom stereocenters. The minimum Gasteiger partial charge on any atom is -0.493 e. The molecule has 0 saturated carbocycles. The molecule has 0 aliphatic heterocycles. The Labute approximate surface area is 169 Å². The van der Waals surface area contributed by atoms with E-state index in [-0.39, 0.29) is 4.90 Å². The topological polar surface area (TPSA) is 106 Å². The summed E-state index contributed by atoms with van der Waals surface area (Å²) >= 11 is 0. The van der Waals surface area contributed by atoms with Gasteiger partial charge in [-0.2, -0.15) is 18.6 Å². The summed E-state index contributed by atoms with van der Waals surface area (Å²) in [4.78, 5) is 2.44. The van der Waals surface area contributed by atoms with Gasteiger partial charge >= 0.3 is 0 Å². The van der Waals surface area contributed by atoms with Gasteiger partial charge in [-0.15, -0.1) is 0 Å². The molecule has 3 rings (SSSR count). The second-order valence-electron chi connectivity index (χ2n) is 6.39. The van der Waals surface area contributed by atoms with Gasteiger partial charge in [0.25, 0.3) is 10.0 Å². The molecule has 29 heavy (non-hydrogen) atoms. The van der Waals surface area contributed by atoms with Crippen molar-refractivity contribution in [3.05, 3.63) is 59.3 Å². The highest BCUT2D eigenvalue weighted by atomic mass is 32.2. The number of benzene rings is 2. The van der Waals surface area contributed by atoms with Gasteiger partial charge in [0.15, 0.2) is 11.5 Å². The third-order valence-corrected chi connectivity index (χ3v) is 5.72. The van der Waals surface area contributed by atoms with Gasteiger partial charge in [0.05, 0.1) is 37.2 Å². The SMILES string of the molecule is COc1ccc(-c2[nH]ncc2C=NNS(=O)(=O)c2ccc(C)cc2C)cc1OC. The number of aromatic nitrogens is 2. The molecule has 0 fully saturated rings. The highest BCUT2D eigenvalue weighted by molar-refractivity contribution is 7.89. The van der Waals surface area contributed by atoms with Gasteiger partial charge in [-0.05, 0) is 43.7 Å². The van der Waals surface area contributed by atoms with Crippen molar-refractivity contribution in [2.24, 2.45) is 5.10 Å². The molecule has 3 aromatic rings. The van der Waals surface area contributed by atoms with Crippen LogP contribution in [0.3, 0.4) is 0 Å². The summed E-state index contributed by atoms with van der Waals surface area (Å²) in [6.07, 6.45) is 2.96. The Morgan fingerprint density at radius 2 is 1.83 bits per heavy atom. The standard InChI is InChI=1S/C20H22N4O4S/c1-13-5-8-19(14(2)9-13)29(25,26)24-22-12-16-11-21-23-20(16)15-6-7-17(27-3)18(10-15)28-4/h5-12,24H,1-4H3,(H,21,23). The summed E-state index contributed by atoms with van der Waals surface area (Å²) in [6.45, 7) is 3.65. The third kappa shape index (κ3) is 4.40. The Morgan fingerprint density at radius 1 is 1.07 bits per heavy atom. The number of methoxy groups -OCH3 is 2. The number of hydrazone groups is 1. The van der Waals surface area contributed by atoms with Crippen LogP contribution < -0.4 is 14.3 Å². The Hall–Kier alpha value is -3.33. The first kappa shape index (κ1) is 20.4. The van der Waals surface area contributed by atoms with Gasteiger partial charge in [0, 0.05) is 11.1 Å². The minimum absolute atomic E-state index is 0.188. The maximum atomic E-state index is 12.5. The van der Waals surface area contributed by atoms with Gasteiger partial charge in [-0.1, -0.05) is 17.7 Å². The zero-order valence-corrected chi connectivity index (χ0v) is 17.4. The Bertz CT molecular complexity index is 1150. The van der Waals surface area contributed by atoms with Crippen LogP contribution in [0.1, 0.15) is 16.7 Å². The maximum absolute atomic E-state index is 12.5. The predicted octanol–water partition coefficient (Wildman–Crippen LogP) is 3.02. The highest BCUT2D eigenvalue weighted by Crippen LogP contribution is 2.32. The number of hydrogen-bond acceptors (Lipinski definition) is 6. The minimum atomic E-state index is -3.77. The molecule has 0 unspecified atom stereocenters. The van der Waals surface area contributed by atoms with Crippen molar-refractivity contribution in [3.8, 4) is 22.8 Å². The fourth-order valence-electron chi connectivity index (χ4n) is 2.93. The van der Waals surface area contributed by atoms with Crippen LogP contribution in [-0.2, 0) is 10.0 Å². The molecular weight excluding hydrogens is 392 g/mol. The van der Waals surface area contributed by atoms with Gasteiger partial charge in [-0.3, -0.25) is 5.10 Å². The summed E-state index contributed by atoms with van der Waals surface area (Å²) < 4.78 is 35.6. The number of ether oxygens (including phenoxy) is 2. The van der Waals surface area contributed by atoms with Crippen molar-refractivity contribution in [1.29, 1.82) is 0 Å². The fraction of sp³-hybridized carbons (Fsp3) is 0.200. The van der Waals surface area contributed by atoms with Crippen LogP contribution in [0, 0.1) is 13.8 Å². The summed E-state index contributed by atoms with van der Waals surface area (Å²) in [5.41, 5.74) is 3.71. The molecule has 2 aromatic carbocycles.